The van der Waals surface area contributed by atoms with Crippen LogP contribution in [0.1, 0.15) is 49.9 Å². The van der Waals surface area contributed by atoms with E-state index in [2.05, 4.69) is 339 Å². The zero-order valence-corrected chi connectivity index (χ0v) is 50.4. The van der Waals surface area contributed by atoms with Crippen molar-refractivity contribution in [3.63, 3.8) is 0 Å². The molecule has 2 aliphatic rings. The number of hydrogen-bond acceptors (Lipinski definition) is 3. The summed E-state index contributed by atoms with van der Waals surface area (Å²) in [4.78, 5) is 5.00. The van der Waals surface area contributed by atoms with E-state index in [1.54, 1.807) is 0 Å². The highest BCUT2D eigenvalue weighted by Crippen LogP contribution is 2.54. The van der Waals surface area contributed by atoms with Crippen molar-refractivity contribution >= 4 is 87.4 Å². The smallest absolute Gasteiger partial charge is 0.0555 e. The molecular weight excluding hydrogens is 1080 g/mol. The lowest BCUT2D eigenvalue weighted by Gasteiger charge is -2.32. The van der Waals surface area contributed by atoms with Gasteiger partial charge in [-0.3, -0.25) is 0 Å². The van der Waals surface area contributed by atoms with Gasteiger partial charge in [0.05, 0.1) is 11.0 Å². The molecule has 0 radical (unpaired) electrons. The molecule has 13 aromatic carbocycles. The average Bonchev–Trinajstić information content (AvgIpc) is 1.79. The quantitative estimate of drug-likeness (QED) is 0.135. The van der Waals surface area contributed by atoms with Gasteiger partial charge in [-0.2, -0.15) is 0 Å². The summed E-state index contributed by atoms with van der Waals surface area (Å²) in [5.74, 6) is 0. The van der Waals surface area contributed by atoms with E-state index < -0.39 is 0 Å². The molecule has 0 unspecified atom stereocenters. The maximum atomic E-state index is 2.50. The summed E-state index contributed by atoms with van der Waals surface area (Å²) in [6.07, 6.45) is 0. The Labute approximate surface area is 517 Å². The first kappa shape index (κ1) is 51.9. The number of benzene rings is 13. The summed E-state index contributed by atoms with van der Waals surface area (Å²) >= 11 is 1.90. The number of thiophene rings is 1. The van der Waals surface area contributed by atoms with Crippen molar-refractivity contribution in [3.8, 4) is 61.3 Å². The fraction of sp³-hybridized carbons (Fsp3) is 0.0714. The van der Waals surface area contributed by atoms with Crippen LogP contribution < -0.4 is 9.80 Å². The Hall–Kier alpha value is -10.5. The Morgan fingerprint density at radius 3 is 1.28 bits per heavy atom. The molecule has 0 bridgehead atoms. The normalized spacial score (nSPS) is 13.4. The van der Waals surface area contributed by atoms with Crippen LogP contribution in [-0.2, 0) is 10.8 Å². The molecule has 0 saturated carbocycles. The minimum absolute atomic E-state index is 0.213. The maximum absolute atomic E-state index is 2.50. The number of rotatable bonds is 10. The van der Waals surface area contributed by atoms with Crippen LogP contribution in [0.15, 0.2) is 297 Å². The first-order valence-electron chi connectivity index (χ1n) is 30.6. The molecule has 0 fully saturated rings. The van der Waals surface area contributed by atoms with Crippen molar-refractivity contribution in [1.82, 2.24) is 4.57 Å². The number of anilines is 6. The molecule has 3 nitrogen and oxygen atoms in total. The number of para-hydroxylation sites is 1. The third kappa shape index (κ3) is 8.16. The lowest BCUT2D eigenvalue weighted by Crippen LogP contribution is -2.17. The van der Waals surface area contributed by atoms with Gasteiger partial charge in [-0.15, -0.1) is 11.3 Å². The zero-order chi connectivity index (χ0) is 58.8. The second kappa shape index (κ2) is 20.0. The van der Waals surface area contributed by atoms with Gasteiger partial charge in [0.25, 0.3) is 0 Å². The standard InChI is InChI=1S/C84H61N3S/c1-83(2)74-29-17-14-26-67(74)69-43-41-63(52-76(69)83)85(61-37-32-56(33-38-61)54-20-8-5-9-21-54)65-48-59(58-36-46-78-73(50-58)81-79(87(78)60-24-12-7-13-25-60)47-45-72-71-28-16-19-31-80(71)88-82(72)81)49-66(51-65)86(62-39-34-57(35-40-62)55-22-10-6-11-23-55)64-42-44-70-68-27-15-18-30-75(68)84(3,4)77(70)53-64/h5-53H,1-4H3. The summed E-state index contributed by atoms with van der Waals surface area (Å²) in [7, 11) is 0. The minimum Gasteiger partial charge on any atom is -0.310 e. The van der Waals surface area contributed by atoms with Crippen LogP contribution in [0.25, 0.3) is 103 Å². The topological polar surface area (TPSA) is 11.4 Å². The predicted octanol–water partition coefficient (Wildman–Crippen LogP) is 23.7. The van der Waals surface area contributed by atoms with E-state index in [-0.39, 0.29) is 10.8 Å². The third-order valence-corrected chi connectivity index (χ3v) is 20.4. The number of hydrogen-bond donors (Lipinski definition) is 0. The van der Waals surface area contributed by atoms with Crippen molar-refractivity contribution in [2.24, 2.45) is 0 Å². The third-order valence-electron chi connectivity index (χ3n) is 19.2. The molecule has 2 heterocycles. The zero-order valence-electron chi connectivity index (χ0n) is 49.5. The van der Waals surface area contributed by atoms with Crippen molar-refractivity contribution in [2.45, 2.75) is 38.5 Å². The average molecular weight is 1140 g/mol. The van der Waals surface area contributed by atoms with Crippen LogP contribution in [0.3, 0.4) is 0 Å². The lowest BCUT2D eigenvalue weighted by atomic mass is 9.82. The lowest BCUT2D eigenvalue weighted by molar-refractivity contribution is 0.660. The summed E-state index contributed by atoms with van der Waals surface area (Å²) < 4.78 is 5.07. The molecule has 0 amide bonds. The van der Waals surface area contributed by atoms with Gasteiger partial charge in [0.1, 0.15) is 0 Å². The van der Waals surface area contributed by atoms with Crippen LogP contribution in [0.2, 0.25) is 0 Å². The van der Waals surface area contributed by atoms with Gasteiger partial charge in [-0.05, 0) is 181 Å². The monoisotopic (exact) mass is 1140 g/mol. The van der Waals surface area contributed by atoms with Crippen LogP contribution in [0.4, 0.5) is 34.1 Å². The first-order valence-corrected chi connectivity index (χ1v) is 31.5. The Balaban J connectivity index is 0.941. The van der Waals surface area contributed by atoms with Crippen molar-refractivity contribution in [1.29, 1.82) is 0 Å². The van der Waals surface area contributed by atoms with E-state index in [1.807, 2.05) is 11.3 Å². The number of fused-ring (bicyclic) bond motifs is 13. The first-order chi connectivity index (χ1) is 43.1. The summed E-state index contributed by atoms with van der Waals surface area (Å²) in [6.45, 7) is 9.53. The molecule has 0 N–H and O–H groups in total. The summed E-state index contributed by atoms with van der Waals surface area (Å²) in [5.41, 5.74) is 27.1. The Morgan fingerprint density at radius 1 is 0.284 bits per heavy atom. The molecule has 0 aliphatic heterocycles. The largest absolute Gasteiger partial charge is 0.310 e. The summed E-state index contributed by atoms with van der Waals surface area (Å²) in [6, 6.07) is 111. The molecule has 4 heteroatoms. The fourth-order valence-electron chi connectivity index (χ4n) is 14.8. The van der Waals surface area contributed by atoms with Crippen molar-refractivity contribution in [3.05, 3.63) is 320 Å². The van der Waals surface area contributed by atoms with Gasteiger partial charge >= 0.3 is 0 Å². The molecule has 88 heavy (non-hydrogen) atoms. The molecule has 0 spiro atoms. The molecule has 15 aromatic rings. The van der Waals surface area contributed by atoms with Gasteiger partial charge in [-0.25, -0.2) is 0 Å². The molecule has 2 aliphatic carbocycles. The Morgan fingerprint density at radius 2 is 0.727 bits per heavy atom. The fourth-order valence-corrected chi connectivity index (χ4v) is 16.0. The van der Waals surface area contributed by atoms with E-state index in [0.29, 0.717) is 0 Å². The van der Waals surface area contributed by atoms with E-state index in [9.17, 15) is 0 Å². The van der Waals surface area contributed by atoms with Crippen molar-refractivity contribution in [2.75, 3.05) is 9.80 Å². The number of nitrogens with zero attached hydrogens (tertiary/aromatic N) is 3. The molecule has 418 valence electrons. The van der Waals surface area contributed by atoms with Gasteiger partial charge in [0, 0.05) is 81.6 Å². The van der Waals surface area contributed by atoms with E-state index in [4.69, 9.17) is 0 Å². The highest BCUT2D eigenvalue weighted by molar-refractivity contribution is 7.26. The minimum atomic E-state index is -0.213. The van der Waals surface area contributed by atoms with Gasteiger partial charge < -0.3 is 14.4 Å². The van der Waals surface area contributed by atoms with Gasteiger partial charge in [-0.1, -0.05) is 222 Å². The Kier molecular flexibility index (Phi) is 11.8. The highest BCUT2D eigenvalue weighted by atomic mass is 32.1. The van der Waals surface area contributed by atoms with Crippen LogP contribution in [-0.4, -0.2) is 4.57 Å². The van der Waals surface area contributed by atoms with E-state index in [1.165, 1.54) is 109 Å². The maximum Gasteiger partial charge on any atom is 0.0555 e. The highest BCUT2D eigenvalue weighted by Gasteiger charge is 2.38. The van der Waals surface area contributed by atoms with Crippen LogP contribution in [0, 0.1) is 0 Å². The molecule has 2 aromatic heterocycles. The molecule has 17 rings (SSSR count). The summed E-state index contributed by atoms with van der Waals surface area (Å²) in [5, 5.41) is 5.09. The van der Waals surface area contributed by atoms with Crippen LogP contribution in [0.5, 0.6) is 0 Å². The predicted molar refractivity (Wildman–Crippen MR) is 374 cm³/mol. The van der Waals surface area contributed by atoms with Crippen molar-refractivity contribution < 1.29 is 0 Å². The van der Waals surface area contributed by atoms with E-state index >= 15 is 0 Å². The second-order valence-corrected chi connectivity index (χ2v) is 25.9. The number of aromatic nitrogens is 1. The van der Waals surface area contributed by atoms with Crippen LogP contribution >= 0.6 is 11.3 Å². The SMILES string of the molecule is CC1(C)c2ccccc2-c2ccc(N(c3ccc(-c4ccccc4)cc3)c3cc(-c4ccc5c(c4)c4c6sc7ccccc7c6ccc4n5-c4ccccc4)cc(N(c4ccc(-c5ccccc5)cc4)c4ccc5c(c4)C(C)(C)c4ccccc4-5)c3)cc21. The molecule has 0 atom stereocenters. The Bertz CT molecular complexity index is 5030. The second-order valence-electron chi connectivity index (χ2n) is 24.9. The molecular formula is C84H61N3S. The van der Waals surface area contributed by atoms with Gasteiger partial charge in [0.15, 0.2) is 0 Å². The van der Waals surface area contributed by atoms with E-state index in [0.717, 1.165) is 50.9 Å². The molecule has 0 saturated heterocycles. The van der Waals surface area contributed by atoms with Gasteiger partial charge in [0.2, 0.25) is 0 Å².